The monoisotopic (exact) mass is 1080 g/mol. The van der Waals surface area contributed by atoms with Gasteiger partial charge in [-0.2, -0.15) is 0 Å². The van der Waals surface area contributed by atoms with E-state index in [4.69, 9.17) is 0 Å². The molecule has 0 radical (unpaired) electrons. The number of aryl methyl sites for hydroxylation is 10. The van der Waals surface area contributed by atoms with Crippen molar-refractivity contribution in [1.82, 2.24) is 0 Å². The van der Waals surface area contributed by atoms with E-state index in [0.29, 0.717) is 0 Å². The standard InChI is InChI=1S/C77H63B2N5/c1-43-11-23-53(24-12-43)67-59-35-49(7)37-61-68(59)78-69-60(67)36-50(8)38-62(69)82(56-29-17-46(4)18-30-56)75-72(78)74(81(61)55-27-15-45(3)16-28-55)76-73-77(75)84(58-33-21-48(6)22-34-58)66-42-52(10)40-64-71(66)79(73)70-63(80(64)54-25-13-44(2)14-26-54)39-51(9)41-65(70)83(76)57-31-19-47(5)20-32-57/h11-42,67H,1-10H3. The van der Waals surface area contributed by atoms with Gasteiger partial charge in [0.25, 0.3) is 13.4 Å². The highest BCUT2D eigenvalue weighted by Gasteiger charge is 2.58. The van der Waals surface area contributed by atoms with E-state index in [2.05, 4.69) is 288 Å². The molecule has 0 fully saturated rings. The molecule has 6 aliphatic heterocycles. The first-order valence-electron chi connectivity index (χ1n) is 30.0. The highest BCUT2D eigenvalue weighted by molar-refractivity contribution is 7.05. The molecule has 0 unspecified atom stereocenters. The second-order valence-corrected chi connectivity index (χ2v) is 25.3. The van der Waals surface area contributed by atoms with Gasteiger partial charge in [0.2, 0.25) is 0 Å². The Bertz CT molecular complexity index is 4120. The first-order chi connectivity index (χ1) is 40.8. The van der Waals surface area contributed by atoms with Gasteiger partial charge in [0.1, 0.15) is 0 Å². The molecule has 0 amide bonds. The molecule has 0 spiro atoms. The van der Waals surface area contributed by atoms with Crippen LogP contribution < -0.4 is 57.3 Å². The molecule has 17 rings (SSSR count). The van der Waals surface area contributed by atoms with Crippen LogP contribution in [0.3, 0.4) is 0 Å². The van der Waals surface area contributed by atoms with Crippen LogP contribution in [0.2, 0.25) is 0 Å². The SMILES string of the molecule is Cc1ccc(C2c3cc(C)cc4c3B3c5c2cc(C)cc5N(c2ccc(C)cc2)c2c3c(c3c5c2N(c2ccc(C)cc2)c2cc(C)cc6c2B5c2c(cc(C)cc2N3c2ccc(C)cc2)N6c2ccc(C)cc2)N4c2ccc(C)cc2)cc1. The van der Waals surface area contributed by atoms with Crippen molar-refractivity contribution in [3.63, 3.8) is 0 Å². The number of nitrogens with zero attached hydrogens (tertiary/aromatic N) is 5. The first-order valence-corrected chi connectivity index (χ1v) is 30.0. The van der Waals surface area contributed by atoms with Crippen molar-refractivity contribution in [3.05, 3.63) is 266 Å². The van der Waals surface area contributed by atoms with E-state index in [9.17, 15) is 0 Å². The summed E-state index contributed by atoms with van der Waals surface area (Å²) >= 11 is 0. The van der Waals surface area contributed by atoms with E-state index >= 15 is 0 Å². The maximum atomic E-state index is 2.73. The van der Waals surface area contributed by atoms with Crippen LogP contribution in [0.5, 0.6) is 0 Å². The summed E-state index contributed by atoms with van der Waals surface area (Å²) < 4.78 is 0. The number of hydrogen-bond acceptors (Lipinski definition) is 5. The molecule has 402 valence electrons. The lowest BCUT2D eigenvalue weighted by molar-refractivity contribution is 0.974. The van der Waals surface area contributed by atoms with Crippen LogP contribution in [-0.2, 0) is 0 Å². The zero-order chi connectivity index (χ0) is 56.9. The van der Waals surface area contributed by atoms with Crippen molar-refractivity contribution in [2.45, 2.75) is 75.2 Å². The summed E-state index contributed by atoms with van der Waals surface area (Å²) in [4.78, 5) is 13.5. The van der Waals surface area contributed by atoms with Crippen LogP contribution in [0.4, 0.5) is 85.3 Å². The molecule has 0 bridgehead atoms. The molecule has 0 aromatic heterocycles. The maximum absolute atomic E-state index is 2.73. The van der Waals surface area contributed by atoms with E-state index in [0.717, 1.165) is 28.4 Å². The van der Waals surface area contributed by atoms with Gasteiger partial charge >= 0.3 is 0 Å². The van der Waals surface area contributed by atoms with E-state index < -0.39 is 0 Å². The highest BCUT2D eigenvalue weighted by Crippen LogP contribution is 2.60. The fourth-order valence-corrected chi connectivity index (χ4v) is 15.7. The van der Waals surface area contributed by atoms with Gasteiger partial charge in [0.15, 0.2) is 0 Å². The topological polar surface area (TPSA) is 16.2 Å². The Balaban J connectivity index is 1.14. The average molecular weight is 1080 g/mol. The van der Waals surface area contributed by atoms with Gasteiger partial charge < -0.3 is 24.5 Å². The van der Waals surface area contributed by atoms with E-state index in [1.165, 1.54) is 162 Å². The first kappa shape index (κ1) is 49.2. The predicted octanol–water partition coefficient (Wildman–Crippen LogP) is 16.2. The number of rotatable bonds is 6. The lowest BCUT2D eigenvalue weighted by Gasteiger charge is -2.55. The highest BCUT2D eigenvalue weighted by atomic mass is 15.3. The lowest BCUT2D eigenvalue weighted by Crippen LogP contribution is -2.69. The smallest absolute Gasteiger partial charge is 0.257 e. The van der Waals surface area contributed by atoms with Crippen molar-refractivity contribution in [3.8, 4) is 0 Å². The molecule has 6 heterocycles. The van der Waals surface area contributed by atoms with Gasteiger partial charge in [0, 0.05) is 68.5 Å². The summed E-state index contributed by atoms with van der Waals surface area (Å²) in [7, 11) is 0. The lowest BCUT2D eigenvalue weighted by atomic mass is 9.27. The second-order valence-electron chi connectivity index (χ2n) is 25.3. The van der Waals surface area contributed by atoms with Crippen molar-refractivity contribution in [2.24, 2.45) is 0 Å². The van der Waals surface area contributed by atoms with Gasteiger partial charge in [0.05, 0.1) is 22.7 Å². The average Bonchev–Trinajstić information content (AvgIpc) is 1.03. The molecule has 7 heteroatoms. The second kappa shape index (κ2) is 17.5. The normalized spacial score (nSPS) is 14.3. The molecular formula is C77H63B2N5. The molecule has 0 saturated heterocycles. The summed E-state index contributed by atoms with van der Waals surface area (Å²) in [5.41, 5.74) is 42.7. The van der Waals surface area contributed by atoms with Crippen LogP contribution in [0.15, 0.2) is 194 Å². The number of fused-ring (bicyclic) bond motifs is 2. The fraction of sp³-hybridized carbons (Fsp3) is 0.143. The predicted molar refractivity (Wildman–Crippen MR) is 357 cm³/mol. The molecular weight excluding hydrogens is 1020 g/mol. The van der Waals surface area contributed by atoms with Crippen molar-refractivity contribution < 1.29 is 0 Å². The fourth-order valence-electron chi connectivity index (χ4n) is 15.7. The Hall–Kier alpha value is -9.45. The maximum Gasteiger partial charge on any atom is 0.257 e. The summed E-state index contributed by atoms with van der Waals surface area (Å²) in [6.45, 7) is 22.3. The molecule has 6 aliphatic rings. The minimum Gasteiger partial charge on any atom is -0.311 e. The quantitative estimate of drug-likeness (QED) is 0.154. The van der Waals surface area contributed by atoms with Gasteiger partial charge in [-0.05, 0) is 238 Å². The molecule has 11 aromatic carbocycles. The zero-order valence-electron chi connectivity index (χ0n) is 49.4. The minimum absolute atomic E-state index is 0.00339. The molecule has 11 aromatic rings. The number of anilines is 15. The van der Waals surface area contributed by atoms with Crippen molar-refractivity contribution in [1.29, 1.82) is 0 Å². The number of benzene rings is 11. The van der Waals surface area contributed by atoms with Crippen LogP contribution >= 0.6 is 0 Å². The Kier molecular flexibility index (Phi) is 10.3. The Morgan fingerprint density at radius 1 is 0.226 bits per heavy atom. The molecule has 5 nitrogen and oxygen atoms in total. The van der Waals surface area contributed by atoms with Crippen molar-refractivity contribution in [2.75, 3.05) is 24.5 Å². The number of hydrogen-bond donors (Lipinski definition) is 0. The zero-order valence-corrected chi connectivity index (χ0v) is 49.4. The van der Waals surface area contributed by atoms with Gasteiger partial charge in [-0.1, -0.05) is 130 Å². The Morgan fingerprint density at radius 3 is 0.750 bits per heavy atom. The van der Waals surface area contributed by atoms with Gasteiger partial charge in [-0.25, -0.2) is 0 Å². The third-order valence-electron chi connectivity index (χ3n) is 19.3. The van der Waals surface area contributed by atoms with Crippen LogP contribution in [0.1, 0.15) is 78.2 Å². The molecule has 0 N–H and O–H groups in total. The van der Waals surface area contributed by atoms with E-state index in [1.54, 1.807) is 0 Å². The van der Waals surface area contributed by atoms with Gasteiger partial charge in [-0.15, -0.1) is 0 Å². The Morgan fingerprint density at radius 2 is 0.452 bits per heavy atom. The third-order valence-corrected chi connectivity index (χ3v) is 19.3. The summed E-state index contributed by atoms with van der Waals surface area (Å²) in [6.07, 6.45) is 0. The largest absolute Gasteiger partial charge is 0.311 e. The van der Waals surface area contributed by atoms with Gasteiger partial charge in [-0.3, -0.25) is 0 Å². The molecule has 0 saturated carbocycles. The third kappa shape index (κ3) is 6.75. The van der Waals surface area contributed by atoms with Crippen LogP contribution in [-0.4, -0.2) is 13.4 Å². The van der Waals surface area contributed by atoms with Crippen LogP contribution in [0.25, 0.3) is 0 Å². The van der Waals surface area contributed by atoms with E-state index in [-0.39, 0.29) is 19.3 Å². The summed E-state index contributed by atoms with van der Waals surface area (Å²) in [5.74, 6) is -0.00339. The van der Waals surface area contributed by atoms with E-state index in [1.807, 2.05) is 0 Å². The summed E-state index contributed by atoms with van der Waals surface area (Å²) in [5, 5.41) is 0. The molecule has 0 atom stereocenters. The molecule has 84 heavy (non-hydrogen) atoms. The Labute approximate surface area is 494 Å². The summed E-state index contributed by atoms with van der Waals surface area (Å²) in [6, 6.07) is 76.3. The minimum atomic E-state index is -0.154. The molecule has 0 aliphatic carbocycles. The van der Waals surface area contributed by atoms with Crippen LogP contribution in [0, 0.1) is 69.2 Å². The van der Waals surface area contributed by atoms with Crippen molar-refractivity contribution >= 4 is 132 Å².